The van der Waals surface area contributed by atoms with Crippen molar-refractivity contribution >= 4 is 28.4 Å². The lowest BCUT2D eigenvalue weighted by molar-refractivity contribution is -0.119. The fourth-order valence-corrected chi connectivity index (χ4v) is 4.62. The molecule has 3 aromatic rings. The van der Waals surface area contributed by atoms with Gasteiger partial charge in [-0.1, -0.05) is 61.9 Å². The highest BCUT2D eigenvalue weighted by atomic mass is 16.5. The number of ketones is 1. The highest BCUT2D eigenvalue weighted by molar-refractivity contribution is 6.08. The first kappa shape index (κ1) is 25.3. The average Bonchev–Trinajstić information content (AvgIpc) is 3.12. The maximum absolute atomic E-state index is 12.9. The molecule has 3 aromatic carbocycles. The van der Waals surface area contributed by atoms with Crippen LogP contribution < -0.4 is 26.6 Å². The Morgan fingerprint density at radius 1 is 1.08 bits per heavy atom. The third kappa shape index (κ3) is 5.56. The highest BCUT2D eigenvalue weighted by Gasteiger charge is 2.41. The van der Waals surface area contributed by atoms with E-state index < -0.39 is 11.4 Å². The molecule has 0 bridgehead atoms. The van der Waals surface area contributed by atoms with E-state index in [4.69, 9.17) is 10.5 Å². The number of carbonyl (C=O) groups excluding carboxylic acids is 3. The van der Waals surface area contributed by atoms with E-state index in [2.05, 4.69) is 23.1 Å². The number of hydrogen-bond donors (Lipinski definition) is 4. The topological polar surface area (TPSA) is 123 Å². The molecule has 1 aliphatic carbocycles. The van der Waals surface area contributed by atoms with Crippen molar-refractivity contribution < 1.29 is 19.1 Å². The first-order valence-electron chi connectivity index (χ1n) is 12.2. The van der Waals surface area contributed by atoms with Crippen LogP contribution in [-0.2, 0) is 11.2 Å². The van der Waals surface area contributed by atoms with Crippen LogP contribution in [0.15, 0.2) is 60.7 Å². The minimum atomic E-state index is -0.925. The van der Waals surface area contributed by atoms with E-state index in [0.717, 1.165) is 29.2 Å². The molecule has 188 valence electrons. The molecule has 2 amide bonds. The van der Waals surface area contributed by atoms with Crippen molar-refractivity contribution in [1.29, 1.82) is 0 Å². The highest BCUT2D eigenvalue weighted by Crippen LogP contribution is 2.30. The maximum atomic E-state index is 12.9. The molecular formula is C28H32N4O4. The van der Waals surface area contributed by atoms with E-state index in [0.29, 0.717) is 36.3 Å². The Kier molecular flexibility index (Phi) is 7.67. The lowest BCUT2D eigenvalue weighted by Gasteiger charge is -2.25. The van der Waals surface area contributed by atoms with Crippen molar-refractivity contribution in [3.8, 4) is 5.75 Å². The molecule has 8 nitrogen and oxygen atoms in total. The molecule has 2 unspecified atom stereocenters. The molecule has 0 heterocycles. The predicted octanol–water partition coefficient (Wildman–Crippen LogP) is 3.24. The number of Topliss-reactive ketones (excluding diaryl/α,β-unsaturated/α-hetero) is 1. The molecule has 36 heavy (non-hydrogen) atoms. The second kappa shape index (κ2) is 10.9. The molecule has 0 saturated heterocycles. The molecule has 4 rings (SSSR count). The van der Waals surface area contributed by atoms with Crippen LogP contribution in [0.5, 0.6) is 5.75 Å². The number of benzene rings is 3. The number of carbonyl (C=O) groups is 3. The van der Waals surface area contributed by atoms with E-state index in [1.807, 2.05) is 54.6 Å². The molecule has 5 N–H and O–H groups in total. The Morgan fingerprint density at radius 3 is 2.58 bits per heavy atom. The van der Waals surface area contributed by atoms with Crippen LogP contribution >= 0.6 is 0 Å². The zero-order valence-electron chi connectivity index (χ0n) is 20.6. The fourth-order valence-electron chi connectivity index (χ4n) is 4.62. The minimum absolute atomic E-state index is 0.0165. The number of ether oxygens (including phenoxy) is 1. The van der Waals surface area contributed by atoms with Crippen molar-refractivity contribution in [2.75, 3.05) is 6.54 Å². The Bertz CT molecular complexity index is 1290. The molecule has 8 heteroatoms. The number of rotatable bonds is 9. The van der Waals surface area contributed by atoms with Gasteiger partial charge in [0.25, 0.3) is 5.91 Å². The zero-order valence-corrected chi connectivity index (χ0v) is 20.6. The molecule has 1 aliphatic rings. The lowest BCUT2D eigenvalue weighted by atomic mass is 9.92. The largest absolute Gasteiger partial charge is 0.475 e. The van der Waals surface area contributed by atoms with Crippen LogP contribution in [0.2, 0.25) is 0 Å². The fraction of sp³-hybridized carbons (Fsp3) is 0.321. The van der Waals surface area contributed by atoms with E-state index in [1.165, 1.54) is 6.92 Å². The Morgan fingerprint density at radius 2 is 1.83 bits per heavy atom. The summed E-state index contributed by atoms with van der Waals surface area (Å²) in [5, 5.41) is 4.98. The Hall–Kier alpha value is -3.75. The number of nitrogens with one attached hydrogen (secondary N) is 3. The number of amides is 2. The van der Waals surface area contributed by atoms with Crippen LogP contribution in [0.3, 0.4) is 0 Å². The van der Waals surface area contributed by atoms with Gasteiger partial charge >= 0.3 is 0 Å². The Balaban J connectivity index is 1.46. The molecular weight excluding hydrogens is 456 g/mol. The molecule has 0 radical (unpaired) electrons. The number of fused-ring (bicyclic) bond motifs is 2. The van der Waals surface area contributed by atoms with Crippen LogP contribution in [0.4, 0.5) is 0 Å². The molecule has 0 aromatic heterocycles. The second-order valence-corrected chi connectivity index (χ2v) is 9.25. The third-order valence-corrected chi connectivity index (χ3v) is 6.42. The lowest BCUT2D eigenvalue weighted by Crippen LogP contribution is -2.49. The maximum Gasteiger partial charge on any atom is 0.270 e. The normalized spacial score (nSPS) is 17.5. The van der Waals surface area contributed by atoms with Gasteiger partial charge in [0.15, 0.2) is 5.78 Å². The van der Waals surface area contributed by atoms with Crippen LogP contribution in [0.25, 0.3) is 10.8 Å². The van der Waals surface area contributed by atoms with Gasteiger partial charge in [0.1, 0.15) is 12.0 Å². The van der Waals surface area contributed by atoms with E-state index in [9.17, 15) is 14.4 Å². The summed E-state index contributed by atoms with van der Waals surface area (Å²) in [7, 11) is 0. The summed E-state index contributed by atoms with van der Waals surface area (Å²) in [5.41, 5.74) is 12.4. The van der Waals surface area contributed by atoms with Crippen molar-refractivity contribution in [3.63, 3.8) is 0 Å². The predicted molar refractivity (Wildman–Crippen MR) is 139 cm³/mol. The third-order valence-electron chi connectivity index (χ3n) is 6.42. The summed E-state index contributed by atoms with van der Waals surface area (Å²) in [6.07, 6.45) is 2.28. The SMILES string of the molecule is CCCC(NCCC1(N)Cc2ccccc2C1=O)Oc1cc(C(=O)NNC(C)=O)c2ccccc2c1. The molecule has 0 spiro atoms. The van der Waals surface area contributed by atoms with Gasteiger partial charge in [-0.15, -0.1) is 0 Å². The summed E-state index contributed by atoms with van der Waals surface area (Å²) < 4.78 is 6.26. The monoisotopic (exact) mass is 488 g/mol. The van der Waals surface area contributed by atoms with Crippen LogP contribution in [-0.4, -0.2) is 35.9 Å². The second-order valence-electron chi connectivity index (χ2n) is 9.25. The molecule has 0 saturated carbocycles. The van der Waals surface area contributed by atoms with Crippen LogP contribution in [0, 0.1) is 0 Å². The van der Waals surface area contributed by atoms with Gasteiger partial charge in [0, 0.05) is 19.0 Å². The van der Waals surface area contributed by atoms with E-state index in [-0.39, 0.29) is 17.9 Å². The first-order chi connectivity index (χ1) is 17.3. The minimum Gasteiger partial charge on any atom is -0.475 e. The summed E-state index contributed by atoms with van der Waals surface area (Å²) in [6.45, 7) is 3.89. The van der Waals surface area contributed by atoms with Gasteiger partial charge in [0.05, 0.1) is 11.1 Å². The van der Waals surface area contributed by atoms with Gasteiger partial charge < -0.3 is 10.5 Å². The first-order valence-corrected chi connectivity index (χ1v) is 12.2. The van der Waals surface area contributed by atoms with Crippen LogP contribution in [0.1, 0.15) is 59.4 Å². The van der Waals surface area contributed by atoms with Crippen molar-refractivity contribution in [3.05, 3.63) is 77.4 Å². The van der Waals surface area contributed by atoms with Crippen molar-refractivity contribution in [2.45, 2.75) is 51.3 Å². The van der Waals surface area contributed by atoms with Crippen molar-refractivity contribution in [2.24, 2.45) is 5.73 Å². The number of nitrogens with two attached hydrogens (primary N) is 1. The average molecular weight is 489 g/mol. The van der Waals surface area contributed by atoms with E-state index in [1.54, 1.807) is 6.07 Å². The van der Waals surface area contributed by atoms with Gasteiger partial charge in [-0.3, -0.25) is 30.6 Å². The summed E-state index contributed by atoms with van der Waals surface area (Å²) in [4.78, 5) is 36.9. The standard InChI is InChI=1S/C28H32N4O4/c1-3-8-25(30-14-13-28(29)17-20-10-5-7-12-23(20)26(28)34)36-21-15-19-9-4-6-11-22(19)24(16-21)27(35)32-31-18(2)33/h4-7,9-12,15-16,25,30H,3,8,13-14,17,29H2,1-2H3,(H,31,33)(H,32,35). The summed E-state index contributed by atoms with van der Waals surface area (Å²) >= 11 is 0. The smallest absolute Gasteiger partial charge is 0.270 e. The van der Waals surface area contributed by atoms with Gasteiger partial charge in [-0.05, 0) is 47.7 Å². The van der Waals surface area contributed by atoms with Crippen molar-refractivity contribution in [1.82, 2.24) is 16.2 Å². The Labute approximate surface area is 210 Å². The number of hydrogen-bond acceptors (Lipinski definition) is 6. The molecule has 0 fully saturated rings. The van der Waals surface area contributed by atoms with E-state index >= 15 is 0 Å². The van der Waals surface area contributed by atoms with Gasteiger partial charge in [-0.2, -0.15) is 0 Å². The van der Waals surface area contributed by atoms with Gasteiger partial charge in [-0.25, -0.2) is 0 Å². The zero-order chi connectivity index (χ0) is 25.7. The number of hydrazine groups is 1. The van der Waals surface area contributed by atoms with Gasteiger partial charge in [0.2, 0.25) is 5.91 Å². The quantitative estimate of drug-likeness (QED) is 0.271. The summed E-state index contributed by atoms with van der Waals surface area (Å²) in [6, 6.07) is 18.6. The molecule has 0 aliphatic heterocycles. The molecule has 2 atom stereocenters. The summed E-state index contributed by atoms with van der Waals surface area (Å²) in [5.74, 6) is -0.290.